The molecule has 2 atom stereocenters. The summed E-state index contributed by atoms with van der Waals surface area (Å²) in [5, 5.41) is 9.15. The van der Waals surface area contributed by atoms with Crippen molar-refractivity contribution >= 4 is 5.97 Å². The van der Waals surface area contributed by atoms with Gasteiger partial charge in [0, 0.05) is 19.6 Å². The molecular weight excluding hydrogens is 254 g/mol. The Morgan fingerprint density at radius 2 is 2.25 bits per heavy atom. The van der Waals surface area contributed by atoms with Gasteiger partial charge in [0.05, 0.1) is 5.92 Å². The molecular formula is C16H23NO3. The largest absolute Gasteiger partial charge is 0.492 e. The van der Waals surface area contributed by atoms with Crippen molar-refractivity contribution in [1.29, 1.82) is 0 Å². The van der Waals surface area contributed by atoms with Crippen LogP contribution >= 0.6 is 0 Å². The van der Waals surface area contributed by atoms with Crippen molar-refractivity contribution in [2.24, 2.45) is 11.8 Å². The second-order valence-electron chi connectivity index (χ2n) is 5.80. The molecule has 0 radical (unpaired) electrons. The predicted octanol–water partition coefficient (Wildman–Crippen LogP) is 2.42. The van der Waals surface area contributed by atoms with Crippen molar-refractivity contribution < 1.29 is 14.6 Å². The summed E-state index contributed by atoms with van der Waals surface area (Å²) < 4.78 is 5.73. The third kappa shape index (κ3) is 4.23. The molecule has 1 heterocycles. The number of nitrogens with zero attached hydrogens (tertiary/aromatic N) is 1. The van der Waals surface area contributed by atoms with Crippen LogP contribution in [0.5, 0.6) is 5.75 Å². The molecule has 20 heavy (non-hydrogen) atoms. The summed E-state index contributed by atoms with van der Waals surface area (Å²) in [6.45, 7) is 7.13. The van der Waals surface area contributed by atoms with Crippen molar-refractivity contribution in [2.75, 3.05) is 26.2 Å². The van der Waals surface area contributed by atoms with Crippen molar-refractivity contribution in [3.05, 3.63) is 29.8 Å². The fraction of sp³-hybridized carbons (Fsp3) is 0.562. The number of hydrogen-bond donors (Lipinski definition) is 1. The Labute approximate surface area is 120 Å². The Hall–Kier alpha value is -1.55. The fourth-order valence-corrected chi connectivity index (χ4v) is 2.82. The number of carboxylic acid groups (broad SMARTS) is 1. The molecule has 0 spiro atoms. The molecule has 0 saturated carbocycles. The quantitative estimate of drug-likeness (QED) is 0.898. The van der Waals surface area contributed by atoms with Crippen LogP contribution in [-0.2, 0) is 4.79 Å². The topological polar surface area (TPSA) is 49.8 Å². The number of ether oxygens (including phenoxy) is 1. The Morgan fingerprint density at radius 3 is 2.95 bits per heavy atom. The van der Waals surface area contributed by atoms with E-state index in [0.29, 0.717) is 19.1 Å². The number of aliphatic carboxylic acids is 1. The summed E-state index contributed by atoms with van der Waals surface area (Å²) in [6, 6.07) is 7.98. The summed E-state index contributed by atoms with van der Waals surface area (Å²) in [4.78, 5) is 13.3. The molecule has 1 aromatic carbocycles. The SMILES string of the molecule is Cc1cccc(OCCN2CC(C)CC(C(=O)O)C2)c1. The molecule has 1 fully saturated rings. The van der Waals surface area contributed by atoms with Crippen molar-refractivity contribution in [1.82, 2.24) is 4.90 Å². The van der Waals surface area contributed by atoms with Crippen LogP contribution in [0, 0.1) is 18.8 Å². The maximum atomic E-state index is 11.1. The van der Waals surface area contributed by atoms with E-state index in [-0.39, 0.29) is 5.92 Å². The van der Waals surface area contributed by atoms with Crippen LogP contribution < -0.4 is 4.74 Å². The lowest BCUT2D eigenvalue weighted by Crippen LogP contribution is -2.44. The van der Waals surface area contributed by atoms with E-state index in [9.17, 15) is 4.79 Å². The molecule has 1 saturated heterocycles. The Balaban J connectivity index is 1.80. The highest BCUT2D eigenvalue weighted by molar-refractivity contribution is 5.70. The van der Waals surface area contributed by atoms with E-state index in [0.717, 1.165) is 25.3 Å². The van der Waals surface area contributed by atoms with Crippen molar-refractivity contribution in [2.45, 2.75) is 20.3 Å². The average molecular weight is 277 g/mol. The van der Waals surface area contributed by atoms with Crippen molar-refractivity contribution in [3.63, 3.8) is 0 Å². The molecule has 4 heteroatoms. The van der Waals surface area contributed by atoms with Crippen molar-refractivity contribution in [3.8, 4) is 5.75 Å². The molecule has 0 amide bonds. The number of likely N-dealkylation sites (tertiary alicyclic amines) is 1. The first-order valence-electron chi connectivity index (χ1n) is 7.19. The van der Waals surface area contributed by atoms with Crippen LogP contribution in [0.15, 0.2) is 24.3 Å². The number of carboxylic acids is 1. The zero-order chi connectivity index (χ0) is 14.5. The summed E-state index contributed by atoms with van der Waals surface area (Å²) in [6.07, 6.45) is 0.782. The predicted molar refractivity (Wildman–Crippen MR) is 78.0 cm³/mol. The minimum absolute atomic E-state index is 0.238. The summed E-state index contributed by atoms with van der Waals surface area (Å²) in [7, 11) is 0. The van der Waals surface area contributed by atoms with Gasteiger partial charge >= 0.3 is 5.97 Å². The first-order chi connectivity index (χ1) is 9.54. The highest BCUT2D eigenvalue weighted by Crippen LogP contribution is 2.21. The molecule has 2 unspecified atom stereocenters. The van der Waals surface area contributed by atoms with Crippen LogP contribution in [0.2, 0.25) is 0 Å². The molecule has 0 aliphatic carbocycles. The van der Waals surface area contributed by atoms with E-state index in [1.807, 2.05) is 31.2 Å². The van der Waals surface area contributed by atoms with E-state index in [4.69, 9.17) is 9.84 Å². The van der Waals surface area contributed by atoms with Gasteiger partial charge in [-0.1, -0.05) is 19.1 Å². The molecule has 0 aromatic heterocycles. The number of hydrogen-bond acceptors (Lipinski definition) is 3. The first-order valence-corrected chi connectivity index (χ1v) is 7.19. The standard InChI is InChI=1S/C16H23NO3/c1-12-4-3-5-15(9-12)20-7-6-17-10-13(2)8-14(11-17)16(18)19/h3-5,9,13-14H,6-8,10-11H2,1-2H3,(H,18,19). The van der Waals surface area contributed by atoms with E-state index in [1.165, 1.54) is 5.56 Å². The summed E-state index contributed by atoms with van der Waals surface area (Å²) >= 11 is 0. The monoisotopic (exact) mass is 277 g/mol. The van der Waals surface area contributed by atoms with Crippen LogP contribution in [-0.4, -0.2) is 42.2 Å². The molecule has 1 aromatic rings. The summed E-state index contributed by atoms with van der Waals surface area (Å²) in [5.74, 6) is 0.396. The maximum Gasteiger partial charge on any atom is 0.307 e. The Bertz CT molecular complexity index is 461. The zero-order valence-electron chi connectivity index (χ0n) is 12.2. The van der Waals surface area contributed by atoms with E-state index in [1.54, 1.807) is 0 Å². The van der Waals surface area contributed by atoms with Gasteiger partial charge in [-0.2, -0.15) is 0 Å². The van der Waals surface area contributed by atoms with Crippen LogP contribution in [0.25, 0.3) is 0 Å². The van der Waals surface area contributed by atoms with Gasteiger partial charge in [-0.25, -0.2) is 0 Å². The molecule has 2 rings (SSSR count). The normalized spacial score (nSPS) is 23.5. The second kappa shape index (κ2) is 6.75. The van der Waals surface area contributed by atoms with Gasteiger partial charge < -0.3 is 9.84 Å². The lowest BCUT2D eigenvalue weighted by molar-refractivity contribution is -0.144. The third-order valence-electron chi connectivity index (χ3n) is 3.75. The Kier molecular flexibility index (Phi) is 5.01. The molecule has 0 bridgehead atoms. The molecule has 1 aliphatic rings. The maximum absolute atomic E-state index is 11.1. The summed E-state index contributed by atoms with van der Waals surface area (Å²) in [5.41, 5.74) is 1.18. The number of benzene rings is 1. The number of rotatable bonds is 5. The number of piperidine rings is 1. The van der Waals surface area contributed by atoms with Crippen LogP contribution in [0.1, 0.15) is 18.9 Å². The van der Waals surface area contributed by atoms with Gasteiger partial charge in [0.25, 0.3) is 0 Å². The van der Waals surface area contributed by atoms with Gasteiger partial charge in [0.1, 0.15) is 12.4 Å². The lowest BCUT2D eigenvalue weighted by atomic mass is 9.90. The first kappa shape index (κ1) is 14.9. The minimum atomic E-state index is -0.679. The highest BCUT2D eigenvalue weighted by atomic mass is 16.5. The van der Waals surface area contributed by atoms with E-state index < -0.39 is 5.97 Å². The zero-order valence-corrected chi connectivity index (χ0v) is 12.2. The van der Waals surface area contributed by atoms with Gasteiger partial charge in [-0.05, 0) is 37.0 Å². The molecule has 4 nitrogen and oxygen atoms in total. The third-order valence-corrected chi connectivity index (χ3v) is 3.75. The fourth-order valence-electron chi connectivity index (χ4n) is 2.82. The molecule has 1 aliphatic heterocycles. The highest BCUT2D eigenvalue weighted by Gasteiger charge is 2.29. The van der Waals surface area contributed by atoms with Gasteiger partial charge in [0.15, 0.2) is 0 Å². The minimum Gasteiger partial charge on any atom is -0.492 e. The lowest BCUT2D eigenvalue weighted by Gasteiger charge is -2.34. The van der Waals surface area contributed by atoms with Crippen LogP contribution in [0.3, 0.4) is 0 Å². The van der Waals surface area contributed by atoms with Crippen LogP contribution in [0.4, 0.5) is 0 Å². The van der Waals surface area contributed by atoms with Gasteiger partial charge in [-0.15, -0.1) is 0 Å². The molecule has 1 N–H and O–H groups in total. The van der Waals surface area contributed by atoms with E-state index in [2.05, 4.69) is 11.8 Å². The smallest absolute Gasteiger partial charge is 0.307 e. The number of carbonyl (C=O) groups is 1. The molecule has 110 valence electrons. The average Bonchev–Trinajstić information content (AvgIpc) is 2.38. The Morgan fingerprint density at radius 1 is 1.45 bits per heavy atom. The van der Waals surface area contributed by atoms with Gasteiger partial charge in [-0.3, -0.25) is 9.69 Å². The van der Waals surface area contributed by atoms with Gasteiger partial charge in [0.2, 0.25) is 0 Å². The second-order valence-corrected chi connectivity index (χ2v) is 5.80. The number of aryl methyl sites for hydroxylation is 1. The van der Waals surface area contributed by atoms with E-state index >= 15 is 0 Å².